The molecular weight excluding hydrogens is 673 g/mol. The number of rotatable bonds is 42. The number of carbonyl (C=O) groups excluding carboxylic acids is 3. The zero-order chi connectivity index (χ0) is 39.4. The first kappa shape index (κ1) is 51.9. The van der Waals surface area contributed by atoms with Crippen LogP contribution in [0.3, 0.4) is 0 Å². The Morgan fingerprint density at radius 3 is 1.06 bits per heavy atom. The summed E-state index contributed by atoms with van der Waals surface area (Å²) in [6.45, 7) is 6.57. The van der Waals surface area contributed by atoms with Gasteiger partial charge in [-0.15, -0.1) is 0 Å². The summed E-state index contributed by atoms with van der Waals surface area (Å²) in [7, 11) is 0. The molecular formula is C48H88O6. The van der Waals surface area contributed by atoms with E-state index in [1.165, 1.54) is 135 Å². The molecule has 0 aromatic carbocycles. The van der Waals surface area contributed by atoms with Crippen molar-refractivity contribution in [1.29, 1.82) is 0 Å². The largest absolute Gasteiger partial charge is 0.462 e. The summed E-state index contributed by atoms with van der Waals surface area (Å²) in [5.41, 5.74) is 0. The van der Waals surface area contributed by atoms with Crippen LogP contribution < -0.4 is 0 Å². The van der Waals surface area contributed by atoms with Crippen LogP contribution in [0.15, 0.2) is 24.3 Å². The highest BCUT2D eigenvalue weighted by Gasteiger charge is 2.19. The summed E-state index contributed by atoms with van der Waals surface area (Å²) in [6.07, 6.45) is 47.3. The first-order valence-electron chi connectivity index (χ1n) is 23.3. The molecule has 0 saturated carbocycles. The molecule has 1 atom stereocenters. The lowest BCUT2D eigenvalue weighted by Gasteiger charge is -2.18. The van der Waals surface area contributed by atoms with E-state index in [0.29, 0.717) is 19.3 Å². The van der Waals surface area contributed by atoms with E-state index in [9.17, 15) is 14.4 Å². The van der Waals surface area contributed by atoms with Crippen molar-refractivity contribution in [3.63, 3.8) is 0 Å². The maximum atomic E-state index is 12.7. The van der Waals surface area contributed by atoms with Crippen molar-refractivity contribution in [2.75, 3.05) is 13.2 Å². The summed E-state index contributed by atoms with van der Waals surface area (Å²) in [5.74, 6) is -0.877. The molecule has 0 N–H and O–H groups in total. The van der Waals surface area contributed by atoms with Crippen LogP contribution in [0, 0.1) is 0 Å². The van der Waals surface area contributed by atoms with Crippen LogP contribution >= 0.6 is 0 Å². The number of unbranched alkanes of at least 4 members (excludes halogenated alkanes) is 27. The van der Waals surface area contributed by atoms with Gasteiger partial charge < -0.3 is 14.2 Å². The summed E-state index contributed by atoms with van der Waals surface area (Å²) >= 11 is 0. The molecule has 0 amide bonds. The second-order valence-electron chi connectivity index (χ2n) is 15.7. The average Bonchev–Trinajstić information content (AvgIpc) is 3.17. The lowest BCUT2D eigenvalue weighted by molar-refractivity contribution is -0.167. The molecule has 0 aliphatic heterocycles. The first-order valence-corrected chi connectivity index (χ1v) is 23.3. The van der Waals surface area contributed by atoms with E-state index in [1.807, 2.05) is 0 Å². The third-order valence-electron chi connectivity index (χ3n) is 10.2. The molecule has 6 heteroatoms. The number of hydrogen-bond donors (Lipinski definition) is 0. The summed E-state index contributed by atoms with van der Waals surface area (Å²) < 4.78 is 16.7. The van der Waals surface area contributed by atoms with Gasteiger partial charge in [0.25, 0.3) is 0 Å². The molecule has 1 unspecified atom stereocenters. The minimum Gasteiger partial charge on any atom is -0.462 e. The molecule has 0 aromatic heterocycles. The molecule has 0 aromatic rings. The summed E-state index contributed by atoms with van der Waals surface area (Å²) in [6, 6.07) is 0. The molecule has 0 heterocycles. The van der Waals surface area contributed by atoms with Gasteiger partial charge in [-0.25, -0.2) is 0 Å². The first-order chi connectivity index (χ1) is 26.5. The Morgan fingerprint density at radius 2 is 0.667 bits per heavy atom. The SMILES string of the molecule is CCCCC/C=C\C/C=C\CCCCCCCCCC(=O)OCC(COC(=O)CCCCCCCCCC)OC(=O)CCCCCCCCCCCCC. The molecule has 0 bridgehead atoms. The number of esters is 3. The smallest absolute Gasteiger partial charge is 0.306 e. The number of ether oxygens (including phenoxy) is 3. The van der Waals surface area contributed by atoms with Crippen LogP contribution in [0.2, 0.25) is 0 Å². The summed E-state index contributed by atoms with van der Waals surface area (Å²) in [5, 5.41) is 0. The van der Waals surface area contributed by atoms with E-state index < -0.39 is 6.10 Å². The zero-order valence-corrected chi connectivity index (χ0v) is 36.0. The monoisotopic (exact) mass is 761 g/mol. The standard InChI is InChI=1S/C48H88O6/c1-4-7-10-13-16-19-21-22-23-24-25-26-28-29-32-35-38-41-47(50)53-44-45(43-52-46(49)40-37-34-31-18-15-12-9-6-3)54-48(51)42-39-36-33-30-27-20-17-14-11-8-5-2/h16,19,22-23,45H,4-15,17-18,20-21,24-44H2,1-3H3/b19-16-,23-22-. The number of carbonyl (C=O) groups is 3. The third kappa shape index (κ3) is 41.1. The molecule has 0 spiro atoms. The second kappa shape index (κ2) is 43.6. The Bertz CT molecular complexity index is 880. The van der Waals surface area contributed by atoms with Gasteiger partial charge in [-0.1, -0.05) is 199 Å². The molecule has 6 nitrogen and oxygen atoms in total. The van der Waals surface area contributed by atoms with E-state index in [4.69, 9.17) is 14.2 Å². The Hall–Kier alpha value is -2.11. The van der Waals surface area contributed by atoms with E-state index >= 15 is 0 Å². The Balaban J connectivity index is 4.28. The number of hydrogen-bond acceptors (Lipinski definition) is 6. The average molecular weight is 761 g/mol. The normalized spacial score (nSPS) is 12.1. The van der Waals surface area contributed by atoms with E-state index in [2.05, 4.69) is 45.1 Å². The minimum absolute atomic E-state index is 0.0703. The van der Waals surface area contributed by atoms with Crippen LogP contribution in [0.25, 0.3) is 0 Å². The van der Waals surface area contributed by atoms with Gasteiger partial charge in [0.1, 0.15) is 13.2 Å². The van der Waals surface area contributed by atoms with Crippen molar-refractivity contribution in [3.8, 4) is 0 Å². The van der Waals surface area contributed by atoms with Gasteiger partial charge in [0.15, 0.2) is 6.10 Å². The van der Waals surface area contributed by atoms with Crippen molar-refractivity contribution in [2.45, 2.75) is 252 Å². The fraction of sp³-hybridized carbons (Fsp3) is 0.854. The second-order valence-corrected chi connectivity index (χ2v) is 15.7. The lowest BCUT2D eigenvalue weighted by Crippen LogP contribution is -2.30. The van der Waals surface area contributed by atoms with Gasteiger partial charge in [0.05, 0.1) is 0 Å². The van der Waals surface area contributed by atoms with Gasteiger partial charge in [-0.2, -0.15) is 0 Å². The Morgan fingerprint density at radius 1 is 0.370 bits per heavy atom. The van der Waals surface area contributed by atoms with Gasteiger partial charge in [0.2, 0.25) is 0 Å². The predicted molar refractivity (Wildman–Crippen MR) is 229 cm³/mol. The Kier molecular flexibility index (Phi) is 41.9. The maximum absolute atomic E-state index is 12.7. The van der Waals surface area contributed by atoms with Crippen molar-refractivity contribution in [3.05, 3.63) is 24.3 Å². The van der Waals surface area contributed by atoms with Crippen LogP contribution in [0.1, 0.15) is 245 Å². The highest BCUT2D eigenvalue weighted by Crippen LogP contribution is 2.15. The van der Waals surface area contributed by atoms with E-state index in [-0.39, 0.29) is 31.1 Å². The van der Waals surface area contributed by atoms with Crippen molar-refractivity contribution in [1.82, 2.24) is 0 Å². The van der Waals surface area contributed by atoms with Crippen molar-refractivity contribution >= 4 is 17.9 Å². The molecule has 0 rings (SSSR count). The van der Waals surface area contributed by atoms with Crippen LogP contribution in [-0.4, -0.2) is 37.2 Å². The molecule has 0 fully saturated rings. The fourth-order valence-corrected chi connectivity index (χ4v) is 6.65. The lowest BCUT2D eigenvalue weighted by atomic mass is 10.1. The van der Waals surface area contributed by atoms with Gasteiger partial charge in [-0.05, 0) is 51.4 Å². The van der Waals surface area contributed by atoms with Gasteiger partial charge in [-0.3, -0.25) is 14.4 Å². The van der Waals surface area contributed by atoms with Crippen molar-refractivity contribution in [2.24, 2.45) is 0 Å². The molecule has 0 saturated heterocycles. The molecule has 0 aliphatic carbocycles. The van der Waals surface area contributed by atoms with Crippen molar-refractivity contribution < 1.29 is 28.6 Å². The molecule has 0 radical (unpaired) electrons. The van der Waals surface area contributed by atoms with Gasteiger partial charge in [0, 0.05) is 19.3 Å². The number of allylic oxidation sites excluding steroid dienone is 4. The van der Waals surface area contributed by atoms with Crippen LogP contribution in [0.5, 0.6) is 0 Å². The highest BCUT2D eigenvalue weighted by atomic mass is 16.6. The minimum atomic E-state index is -0.765. The van der Waals surface area contributed by atoms with Crippen LogP contribution in [-0.2, 0) is 28.6 Å². The third-order valence-corrected chi connectivity index (χ3v) is 10.2. The van der Waals surface area contributed by atoms with Gasteiger partial charge >= 0.3 is 17.9 Å². The highest BCUT2D eigenvalue weighted by molar-refractivity contribution is 5.71. The summed E-state index contributed by atoms with van der Waals surface area (Å²) in [4.78, 5) is 37.6. The zero-order valence-electron chi connectivity index (χ0n) is 36.0. The van der Waals surface area contributed by atoms with E-state index in [1.54, 1.807) is 0 Å². The van der Waals surface area contributed by atoms with E-state index in [0.717, 1.165) is 70.6 Å². The Labute approximate surface area is 334 Å². The molecule has 54 heavy (non-hydrogen) atoms. The quantitative estimate of drug-likeness (QED) is 0.0267. The predicted octanol–water partition coefficient (Wildman–Crippen LogP) is 14.8. The molecule has 0 aliphatic rings. The fourth-order valence-electron chi connectivity index (χ4n) is 6.65. The van der Waals surface area contributed by atoms with Crippen LogP contribution in [0.4, 0.5) is 0 Å². The molecule has 316 valence electrons. The maximum Gasteiger partial charge on any atom is 0.306 e. The topological polar surface area (TPSA) is 78.9 Å².